The van der Waals surface area contributed by atoms with Crippen molar-refractivity contribution in [2.24, 2.45) is 0 Å². The van der Waals surface area contributed by atoms with Gasteiger partial charge in [0.15, 0.2) is 6.10 Å². The zero-order valence-corrected chi connectivity index (χ0v) is 18.6. The van der Waals surface area contributed by atoms with Gasteiger partial charge in [-0.25, -0.2) is 22.0 Å². The maximum Gasteiger partial charge on any atom is 0.338 e. The molecule has 1 amide bonds. The lowest BCUT2D eigenvalue weighted by molar-refractivity contribution is -0.123. The van der Waals surface area contributed by atoms with Gasteiger partial charge in [-0.15, -0.1) is 0 Å². The van der Waals surface area contributed by atoms with E-state index in [1.807, 2.05) is 0 Å². The monoisotopic (exact) mass is 494 g/mol. The highest BCUT2D eigenvalue weighted by molar-refractivity contribution is 7.92. The number of benzene rings is 3. The van der Waals surface area contributed by atoms with Crippen LogP contribution in [0.2, 0.25) is 5.02 Å². The van der Waals surface area contributed by atoms with Gasteiger partial charge in [-0.2, -0.15) is 0 Å². The maximum absolute atomic E-state index is 13.8. The van der Waals surface area contributed by atoms with Crippen molar-refractivity contribution < 1.29 is 31.5 Å². The summed E-state index contributed by atoms with van der Waals surface area (Å²) < 4.78 is 59.4. The molecule has 1 unspecified atom stereocenters. The summed E-state index contributed by atoms with van der Waals surface area (Å²) in [4.78, 5) is 24.4. The molecule has 0 fully saturated rings. The number of carbonyl (C=O) groups is 2. The SMILES string of the molecule is CC(OC(=O)c1cccc(S(=O)(=O)Nc2ccc(F)cc2)c1)C(=O)Nc1ccc(Cl)cc1F. The molecule has 33 heavy (non-hydrogen) atoms. The van der Waals surface area contributed by atoms with E-state index in [2.05, 4.69) is 10.0 Å². The van der Waals surface area contributed by atoms with Crippen molar-refractivity contribution in [3.05, 3.63) is 89.0 Å². The second-order valence-corrected chi connectivity index (χ2v) is 8.92. The summed E-state index contributed by atoms with van der Waals surface area (Å²) in [5.41, 5.74) is -0.148. The Morgan fingerprint density at radius 2 is 1.70 bits per heavy atom. The van der Waals surface area contributed by atoms with E-state index in [9.17, 15) is 26.8 Å². The van der Waals surface area contributed by atoms with Gasteiger partial charge in [0.1, 0.15) is 11.6 Å². The zero-order valence-electron chi connectivity index (χ0n) is 17.0. The van der Waals surface area contributed by atoms with Crippen molar-refractivity contribution in [3.63, 3.8) is 0 Å². The molecule has 0 aromatic heterocycles. The molecular weight excluding hydrogens is 478 g/mol. The molecule has 172 valence electrons. The molecule has 3 aromatic rings. The van der Waals surface area contributed by atoms with Crippen LogP contribution in [0.25, 0.3) is 0 Å². The van der Waals surface area contributed by atoms with Crippen LogP contribution in [0.5, 0.6) is 0 Å². The minimum absolute atomic E-state index is 0.129. The number of hydrogen-bond donors (Lipinski definition) is 2. The molecule has 0 saturated carbocycles. The molecule has 0 aliphatic heterocycles. The first-order valence-corrected chi connectivity index (χ1v) is 11.3. The van der Waals surface area contributed by atoms with Crippen LogP contribution in [-0.4, -0.2) is 26.4 Å². The van der Waals surface area contributed by atoms with Crippen LogP contribution in [0.1, 0.15) is 17.3 Å². The highest BCUT2D eigenvalue weighted by Gasteiger charge is 2.22. The van der Waals surface area contributed by atoms with Crippen LogP contribution < -0.4 is 10.0 Å². The van der Waals surface area contributed by atoms with E-state index in [4.69, 9.17) is 16.3 Å². The molecule has 1 atom stereocenters. The third kappa shape index (κ3) is 6.27. The smallest absolute Gasteiger partial charge is 0.338 e. The van der Waals surface area contributed by atoms with Crippen LogP contribution >= 0.6 is 11.6 Å². The fourth-order valence-electron chi connectivity index (χ4n) is 2.63. The maximum atomic E-state index is 13.8. The van der Waals surface area contributed by atoms with E-state index in [0.29, 0.717) is 0 Å². The molecule has 3 aromatic carbocycles. The summed E-state index contributed by atoms with van der Waals surface area (Å²) in [6.45, 7) is 1.28. The Morgan fingerprint density at radius 1 is 1.00 bits per heavy atom. The normalized spacial score (nSPS) is 12.0. The van der Waals surface area contributed by atoms with Crippen molar-refractivity contribution in [2.75, 3.05) is 10.0 Å². The van der Waals surface area contributed by atoms with Gasteiger partial charge in [-0.1, -0.05) is 17.7 Å². The molecule has 11 heteroatoms. The van der Waals surface area contributed by atoms with E-state index < -0.39 is 39.6 Å². The molecule has 2 N–H and O–H groups in total. The summed E-state index contributed by atoms with van der Waals surface area (Å²) in [6.07, 6.45) is -1.31. The number of rotatable bonds is 7. The van der Waals surface area contributed by atoms with Crippen LogP contribution in [-0.2, 0) is 19.6 Å². The molecule has 0 spiro atoms. The first-order valence-electron chi connectivity index (χ1n) is 9.40. The Balaban J connectivity index is 1.69. The number of sulfonamides is 1. The molecular formula is C22H17ClF2N2O5S. The zero-order chi connectivity index (χ0) is 24.2. The van der Waals surface area contributed by atoms with Crippen molar-refractivity contribution >= 4 is 44.9 Å². The van der Waals surface area contributed by atoms with Gasteiger partial charge in [0.2, 0.25) is 0 Å². The molecule has 0 bridgehead atoms. The Bertz CT molecular complexity index is 1300. The molecule has 3 rings (SSSR count). The fraction of sp³-hybridized carbons (Fsp3) is 0.0909. The molecule has 0 saturated heterocycles. The summed E-state index contributed by atoms with van der Waals surface area (Å²) in [5, 5.41) is 2.43. The Morgan fingerprint density at radius 3 is 2.36 bits per heavy atom. The van der Waals surface area contributed by atoms with Crippen molar-refractivity contribution in [1.29, 1.82) is 0 Å². The van der Waals surface area contributed by atoms with E-state index in [-0.39, 0.29) is 26.9 Å². The van der Waals surface area contributed by atoms with Gasteiger partial charge in [0, 0.05) is 10.7 Å². The molecule has 0 aliphatic carbocycles. The Hall–Kier alpha value is -3.50. The summed E-state index contributed by atoms with van der Waals surface area (Å²) in [5.74, 6) is -3.06. The number of amides is 1. The van der Waals surface area contributed by atoms with Gasteiger partial charge in [0.05, 0.1) is 16.1 Å². The lowest BCUT2D eigenvalue weighted by atomic mass is 10.2. The number of nitrogens with one attached hydrogen (secondary N) is 2. The highest BCUT2D eigenvalue weighted by Crippen LogP contribution is 2.20. The minimum atomic E-state index is -4.09. The summed E-state index contributed by atoms with van der Waals surface area (Å²) >= 11 is 5.66. The largest absolute Gasteiger partial charge is 0.449 e. The molecule has 7 nitrogen and oxygen atoms in total. The predicted octanol–water partition coefficient (Wildman–Crippen LogP) is 4.60. The summed E-state index contributed by atoms with van der Waals surface area (Å²) in [6, 6.07) is 13.3. The second kappa shape index (κ2) is 9.97. The Kier molecular flexibility index (Phi) is 7.29. The lowest BCUT2D eigenvalue weighted by Gasteiger charge is -2.14. The van der Waals surface area contributed by atoms with Gasteiger partial charge in [0.25, 0.3) is 15.9 Å². The van der Waals surface area contributed by atoms with E-state index in [0.717, 1.165) is 24.3 Å². The van der Waals surface area contributed by atoms with E-state index in [1.54, 1.807) is 0 Å². The van der Waals surface area contributed by atoms with Crippen LogP contribution in [0, 0.1) is 11.6 Å². The van der Waals surface area contributed by atoms with Gasteiger partial charge in [-0.05, 0) is 67.6 Å². The topological polar surface area (TPSA) is 102 Å². The van der Waals surface area contributed by atoms with Gasteiger partial charge < -0.3 is 10.1 Å². The molecule has 0 radical (unpaired) electrons. The standard InChI is InChI=1S/C22H17ClF2N2O5S/c1-13(21(28)26-20-10-5-15(23)12-19(20)25)32-22(29)14-3-2-4-18(11-14)33(30,31)27-17-8-6-16(24)7-9-17/h2-13,27H,1H3,(H,26,28). The van der Waals surface area contributed by atoms with Crippen LogP contribution in [0.3, 0.4) is 0 Å². The highest BCUT2D eigenvalue weighted by atomic mass is 35.5. The number of ether oxygens (including phenoxy) is 1. The summed E-state index contributed by atoms with van der Waals surface area (Å²) in [7, 11) is -4.09. The number of anilines is 2. The first-order chi connectivity index (χ1) is 15.5. The number of carbonyl (C=O) groups excluding carboxylic acids is 2. The van der Waals surface area contributed by atoms with E-state index in [1.165, 1.54) is 49.4 Å². The lowest BCUT2D eigenvalue weighted by Crippen LogP contribution is -2.30. The quantitative estimate of drug-likeness (QED) is 0.467. The van der Waals surface area contributed by atoms with Gasteiger partial charge in [-0.3, -0.25) is 9.52 Å². The van der Waals surface area contributed by atoms with Crippen molar-refractivity contribution in [2.45, 2.75) is 17.9 Å². The average Bonchev–Trinajstić information content (AvgIpc) is 2.77. The number of hydrogen-bond acceptors (Lipinski definition) is 5. The third-order valence-electron chi connectivity index (χ3n) is 4.32. The van der Waals surface area contributed by atoms with Crippen LogP contribution in [0.15, 0.2) is 71.6 Å². The fourth-order valence-corrected chi connectivity index (χ4v) is 3.89. The second-order valence-electron chi connectivity index (χ2n) is 6.80. The third-order valence-corrected chi connectivity index (χ3v) is 5.93. The first kappa shape index (κ1) is 24.1. The van der Waals surface area contributed by atoms with Crippen molar-refractivity contribution in [3.8, 4) is 0 Å². The van der Waals surface area contributed by atoms with Crippen molar-refractivity contribution in [1.82, 2.24) is 0 Å². The van der Waals surface area contributed by atoms with Gasteiger partial charge >= 0.3 is 5.97 Å². The number of esters is 1. The molecule has 0 aliphatic rings. The Labute approximate surface area is 193 Å². The average molecular weight is 495 g/mol. The number of halogens is 3. The van der Waals surface area contributed by atoms with Crippen LogP contribution in [0.4, 0.5) is 20.2 Å². The minimum Gasteiger partial charge on any atom is -0.449 e. The molecule has 0 heterocycles. The predicted molar refractivity (Wildman–Crippen MR) is 119 cm³/mol. The van der Waals surface area contributed by atoms with E-state index >= 15 is 0 Å².